The van der Waals surface area contributed by atoms with Crippen LogP contribution in [0.4, 0.5) is 0 Å². The van der Waals surface area contributed by atoms with Gasteiger partial charge in [-0.3, -0.25) is 0 Å². The van der Waals surface area contributed by atoms with Crippen molar-refractivity contribution >= 4 is 43.9 Å². The lowest BCUT2D eigenvalue weighted by molar-refractivity contribution is 0.668. The van der Waals surface area contributed by atoms with Crippen LogP contribution in [0.15, 0.2) is 179 Å². The summed E-state index contributed by atoms with van der Waals surface area (Å²) in [5, 5.41) is 4.36. The second kappa shape index (κ2) is 11.4. The predicted molar refractivity (Wildman–Crippen MR) is 204 cm³/mol. The molecule has 4 heteroatoms. The van der Waals surface area contributed by atoms with E-state index >= 15 is 0 Å². The molecular formula is C46H28N2O2. The summed E-state index contributed by atoms with van der Waals surface area (Å²) in [5.74, 6) is 0.681. The SMILES string of the molecule is c1ccc(-c2cc(-c3cccc(-c4ccc5oc6ccccc6c5c4)c3-c3ccc4oc5ccccc5c4c3)nc(-c3ccccc3)n2)cc1. The molecule has 0 unspecified atom stereocenters. The van der Waals surface area contributed by atoms with Gasteiger partial charge in [-0.2, -0.15) is 0 Å². The molecular weight excluding hydrogens is 613 g/mol. The fourth-order valence-corrected chi connectivity index (χ4v) is 7.15. The van der Waals surface area contributed by atoms with E-state index in [1.54, 1.807) is 0 Å². The Morgan fingerprint density at radius 3 is 1.52 bits per heavy atom. The molecule has 0 saturated heterocycles. The Hall–Kier alpha value is -6.78. The maximum atomic E-state index is 6.25. The Morgan fingerprint density at radius 1 is 0.320 bits per heavy atom. The highest BCUT2D eigenvalue weighted by atomic mass is 16.3. The van der Waals surface area contributed by atoms with Crippen molar-refractivity contribution < 1.29 is 8.83 Å². The smallest absolute Gasteiger partial charge is 0.160 e. The number of furan rings is 2. The first-order valence-corrected chi connectivity index (χ1v) is 16.7. The third kappa shape index (κ3) is 4.69. The van der Waals surface area contributed by atoms with E-state index < -0.39 is 0 Å². The Bertz CT molecular complexity index is 2810. The molecule has 234 valence electrons. The molecule has 0 amide bonds. The highest BCUT2D eigenvalue weighted by molar-refractivity contribution is 6.09. The maximum absolute atomic E-state index is 6.25. The normalized spacial score (nSPS) is 11.6. The topological polar surface area (TPSA) is 52.1 Å². The number of rotatable bonds is 5. The van der Waals surface area contributed by atoms with Gasteiger partial charge in [-0.1, -0.05) is 127 Å². The molecule has 10 aromatic rings. The van der Waals surface area contributed by atoms with Gasteiger partial charge in [0.15, 0.2) is 5.82 Å². The van der Waals surface area contributed by atoms with Crippen LogP contribution in [0.25, 0.3) is 100 Å². The molecule has 4 nitrogen and oxygen atoms in total. The van der Waals surface area contributed by atoms with E-state index in [4.69, 9.17) is 18.8 Å². The number of aromatic nitrogens is 2. The molecule has 0 atom stereocenters. The first kappa shape index (κ1) is 28.3. The summed E-state index contributed by atoms with van der Waals surface area (Å²) in [4.78, 5) is 10.3. The second-order valence-corrected chi connectivity index (χ2v) is 12.5. The van der Waals surface area contributed by atoms with E-state index in [1.807, 2.05) is 60.7 Å². The van der Waals surface area contributed by atoms with Gasteiger partial charge in [0.25, 0.3) is 0 Å². The van der Waals surface area contributed by atoms with E-state index in [-0.39, 0.29) is 0 Å². The third-order valence-corrected chi connectivity index (χ3v) is 9.52. The average molecular weight is 641 g/mol. The fourth-order valence-electron chi connectivity index (χ4n) is 7.15. The summed E-state index contributed by atoms with van der Waals surface area (Å²) in [5.41, 5.74) is 12.6. The molecule has 0 aliphatic rings. The monoisotopic (exact) mass is 640 g/mol. The molecule has 0 radical (unpaired) electrons. The molecule has 50 heavy (non-hydrogen) atoms. The highest BCUT2D eigenvalue weighted by Crippen LogP contribution is 2.44. The summed E-state index contributed by atoms with van der Waals surface area (Å²) >= 11 is 0. The minimum Gasteiger partial charge on any atom is -0.456 e. The summed E-state index contributed by atoms with van der Waals surface area (Å²) in [6, 6.07) is 58.6. The zero-order valence-electron chi connectivity index (χ0n) is 26.9. The Morgan fingerprint density at radius 2 is 0.840 bits per heavy atom. The fraction of sp³-hybridized carbons (Fsp3) is 0. The molecule has 0 bridgehead atoms. The zero-order chi connectivity index (χ0) is 33.0. The van der Waals surface area contributed by atoms with Crippen molar-refractivity contribution in [2.45, 2.75) is 0 Å². The zero-order valence-corrected chi connectivity index (χ0v) is 26.9. The maximum Gasteiger partial charge on any atom is 0.160 e. The molecule has 0 aliphatic carbocycles. The van der Waals surface area contributed by atoms with Crippen molar-refractivity contribution in [2.75, 3.05) is 0 Å². The molecule has 3 heterocycles. The van der Waals surface area contributed by atoms with E-state index in [2.05, 4.69) is 109 Å². The van der Waals surface area contributed by atoms with E-state index in [0.29, 0.717) is 5.82 Å². The van der Waals surface area contributed by atoms with Gasteiger partial charge >= 0.3 is 0 Å². The van der Waals surface area contributed by atoms with Gasteiger partial charge in [0.1, 0.15) is 22.3 Å². The number of fused-ring (bicyclic) bond motifs is 6. The van der Waals surface area contributed by atoms with Crippen LogP contribution in [-0.2, 0) is 0 Å². The number of benzene rings is 7. The molecule has 0 aliphatic heterocycles. The third-order valence-electron chi connectivity index (χ3n) is 9.52. The Balaban J connectivity index is 1.27. The van der Waals surface area contributed by atoms with E-state index in [9.17, 15) is 0 Å². The Kier molecular flexibility index (Phi) is 6.46. The van der Waals surface area contributed by atoms with Crippen LogP contribution < -0.4 is 0 Å². The lowest BCUT2D eigenvalue weighted by Gasteiger charge is -2.17. The molecule has 3 aromatic heterocycles. The predicted octanol–water partition coefficient (Wildman–Crippen LogP) is 12.6. The summed E-state index contributed by atoms with van der Waals surface area (Å²) < 4.78 is 12.5. The second-order valence-electron chi connectivity index (χ2n) is 12.5. The van der Waals surface area contributed by atoms with Crippen molar-refractivity contribution in [1.29, 1.82) is 0 Å². The van der Waals surface area contributed by atoms with Crippen molar-refractivity contribution in [1.82, 2.24) is 9.97 Å². The van der Waals surface area contributed by atoms with Crippen LogP contribution in [0.5, 0.6) is 0 Å². The minimum atomic E-state index is 0.681. The highest BCUT2D eigenvalue weighted by Gasteiger charge is 2.20. The summed E-state index contributed by atoms with van der Waals surface area (Å²) in [6.45, 7) is 0. The van der Waals surface area contributed by atoms with Crippen LogP contribution in [-0.4, -0.2) is 9.97 Å². The number of hydrogen-bond acceptors (Lipinski definition) is 4. The van der Waals surface area contributed by atoms with Crippen LogP contribution in [0, 0.1) is 0 Å². The molecule has 10 rings (SSSR count). The first-order chi connectivity index (χ1) is 24.8. The van der Waals surface area contributed by atoms with Gasteiger partial charge < -0.3 is 8.83 Å². The Labute approximate surface area is 287 Å². The largest absolute Gasteiger partial charge is 0.456 e. The van der Waals surface area contributed by atoms with Crippen LogP contribution in [0.2, 0.25) is 0 Å². The van der Waals surface area contributed by atoms with E-state index in [1.165, 1.54) is 0 Å². The van der Waals surface area contributed by atoms with Gasteiger partial charge in [0.05, 0.1) is 11.4 Å². The number of hydrogen-bond donors (Lipinski definition) is 0. The van der Waals surface area contributed by atoms with Gasteiger partial charge in [-0.15, -0.1) is 0 Å². The standard InChI is InChI=1S/C46H28N2O2/c1-3-12-29(13-4-1)39-28-40(48-46(47-39)30-14-5-2-6-15-30)36-19-11-18-33(31-22-24-43-37(26-31)34-16-7-9-20-41(34)49-43)45(36)32-23-25-44-38(27-32)35-17-8-10-21-42(35)50-44/h1-28H. The quantitative estimate of drug-likeness (QED) is 0.188. The van der Waals surface area contributed by atoms with Crippen molar-refractivity contribution in [2.24, 2.45) is 0 Å². The van der Waals surface area contributed by atoms with Crippen LogP contribution in [0.1, 0.15) is 0 Å². The van der Waals surface area contributed by atoms with Crippen LogP contribution >= 0.6 is 0 Å². The van der Waals surface area contributed by atoms with Crippen molar-refractivity contribution in [3.05, 3.63) is 170 Å². The lowest BCUT2D eigenvalue weighted by Crippen LogP contribution is -1.98. The number of para-hydroxylation sites is 2. The van der Waals surface area contributed by atoms with Crippen LogP contribution in [0.3, 0.4) is 0 Å². The van der Waals surface area contributed by atoms with Crippen molar-refractivity contribution in [3.63, 3.8) is 0 Å². The van der Waals surface area contributed by atoms with Gasteiger partial charge in [-0.25, -0.2) is 9.97 Å². The van der Waals surface area contributed by atoms with Gasteiger partial charge in [-0.05, 0) is 64.7 Å². The molecule has 0 spiro atoms. The van der Waals surface area contributed by atoms with E-state index in [0.717, 1.165) is 94.2 Å². The molecule has 0 saturated carbocycles. The molecule has 0 N–H and O–H groups in total. The molecule has 0 fully saturated rings. The number of nitrogens with zero attached hydrogens (tertiary/aromatic N) is 2. The average Bonchev–Trinajstić information content (AvgIpc) is 3.76. The van der Waals surface area contributed by atoms with Gasteiger partial charge in [0.2, 0.25) is 0 Å². The summed E-state index contributed by atoms with van der Waals surface area (Å²) in [7, 11) is 0. The first-order valence-electron chi connectivity index (χ1n) is 16.7. The van der Waals surface area contributed by atoms with Crippen molar-refractivity contribution in [3.8, 4) is 56.2 Å². The minimum absolute atomic E-state index is 0.681. The van der Waals surface area contributed by atoms with Gasteiger partial charge in [0, 0.05) is 38.2 Å². The summed E-state index contributed by atoms with van der Waals surface area (Å²) in [6.07, 6.45) is 0. The molecule has 7 aromatic carbocycles. The lowest BCUT2D eigenvalue weighted by atomic mass is 9.88.